The maximum absolute atomic E-state index is 2.46. The second-order valence-electron chi connectivity index (χ2n) is 8.75. The molecule has 0 saturated carbocycles. The van der Waals surface area contributed by atoms with Gasteiger partial charge >= 0.3 is 0 Å². The highest BCUT2D eigenvalue weighted by atomic mass is 32.1. The van der Waals surface area contributed by atoms with Crippen LogP contribution in [0.5, 0.6) is 0 Å². The fraction of sp³-hybridized carbons (Fsp3) is 0.241. The average Bonchev–Trinajstić information content (AvgIpc) is 3.38. The molecule has 0 saturated heterocycles. The zero-order valence-corrected chi connectivity index (χ0v) is 19.8. The summed E-state index contributed by atoms with van der Waals surface area (Å²) >= 11 is 3.87. The van der Waals surface area contributed by atoms with E-state index in [9.17, 15) is 0 Å². The third-order valence-electron chi connectivity index (χ3n) is 6.64. The quantitative estimate of drug-likeness (QED) is 0.185. The first kappa shape index (κ1) is 19.3. The van der Waals surface area contributed by atoms with E-state index in [4.69, 9.17) is 0 Å². The maximum atomic E-state index is 2.46. The second-order valence-corrected chi connectivity index (χ2v) is 11.2. The summed E-state index contributed by atoms with van der Waals surface area (Å²) in [5.74, 6) is 0. The molecule has 0 bridgehead atoms. The molecule has 0 N–H and O–H groups in total. The zero-order valence-electron chi connectivity index (χ0n) is 18.1. The number of aryl methyl sites for hydroxylation is 2. The van der Waals surface area contributed by atoms with E-state index >= 15 is 0 Å². The minimum absolute atomic E-state index is 1.22. The summed E-state index contributed by atoms with van der Waals surface area (Å²) in [4.78, 5) is 2.92. The van der Waals surface area contributed by atoms with Gasteiger partial charge in [-0.1, -0.05) is 62.6 Å². The molecular formula is C29H26S2. The Bertz CT molecular complexity index is 1580. The van der Waals surface area contributed by atoms with Crippen LogP contribution >= 0.6 is 22.7 Å². The van der Waals surface area contributed by atoms with Gasteiger partial charge in [0, 0.05) is 29.9 Å². The Labute approximate surface area is 191 Å². The molecule has 0 nitrogen and oxygen atoms in total. The molecule has 31 heavy (non-hydrogen) atoms. The van der Waals surface area contributed by atoms with E-state index < -0.39 is 0 Å². The number of rotatable bonds is 5. The van der Waals surface area contributed by atoms with Crippen molar-refractivity contribution in [1.82, 2.24) is 0 Å². The van der Waals surface area contributed by atoms with Crippen LogP contribution in [0.25, 0.3) is 52.5 Å². The van der Waals surface area contributed by atoms with E-state index in [0.29, 0.717) is 0 Å². The van der Waals surface area contributed by atoms with Crippen molar-refractivity contribution in [3.05, 3.63) is 70.4 Å². The van der Waals surface area contributed by atoms with Crippen LogP contribution in [0, 0.1) is 6.92 Å². The Morgan fingerprint density at radius 2 is 1.06 bits per heavy atom. The predicted molar refractivity (Wildman–Crippen MR) is 142 cm³/mol. The highest BCUT2D eigenvalue weighted by Crippen LogP contribution is 2.40. The molecular weight excluding hydrogens is 412 g/mol. The van der Waals surface area contributed by atoms with Crippen LogP contribution in [0.15, 0.2) is 60.7 Å². The van der Waals surface area contributed by atoms with Crippen molar-refractivity contribution in [2.75, 3.05) is 0 Å². The molecule has 6 aromatic rings. The normalized spacial score (nSPS) is 12.2. The van der Waals surface area contributed by atoms with Crippen molar-refractivity contribution >= 4 is 75.2 Å². The molecule has 2 heteroatoms. The van der Waals surface area contributed by atoms with Crippen LogP contribution in [-0.4, -0.2) is 0 Å². The molecule has 2 aromatic heterocycles. The fourth-order valence-corrected chi connectivity index (χ4v) is 7.17. The lowest BCUT2D eigenvalue weighted by molar-refractivity contribution is 0.670. The molecule has 2 heterocycles. The van der Waals surface area contributed by atoms with Gasteiger partial charge in [0.1, 0.15) is 0 Å². The van der Waals surface area contributed by atoms with Gasteiger partial charge in [-0.2, -0.15) is 0 Å². The van der Waals surface area contributed by atoms with Crippen LogP contribution < -0.4 is 0 Å². The van der Waals surface area contributed by atoms with Gasteiger partial charge in [0.15, 0.2) is 0 Å². The van der Waals surface area contributed by atoms with Gasteiger partial charge < -0.3 is 0 Å². The highest BCUT2D eigenvalue weighted by molar-refractivity contribution is 7.19. The minimum Gasteiger partial charge on any atom is -0.141 e. The number of thiophene rings is 2. The molecule has 0 aliphatic heterocycles. The van der Waals surface area contributed by atoms with Crippen LogP contribution in [0.1, 0.15) is 42.4 Å². The number of hydrogen-bond acceptors (Lipinski definition) is 2. The molecule has 0 radical (unpaired) electrons. The highest BCUT2D eigenvalue weighted by Gasteiger charge is 2.11. The fourth-order valence-electron chi connectivity index (χ4n) is 5.11. The van der Waals surface area contributed by atoms with Crippen LogP contribution in [0.4, 0.5) is 0 Å². The zero-order chi connectivity index (χ0) is 20.9. The molecule has 0 spiro atoms. The number of fused-ring (bicyclic) bond motifs is 9. The third-order valence-corrected chi connectivity index (χ3v) is 8.82. The third kappa shape index (κ3) is 3.16. The number of hydrogen-bond donors (Lipinski definition) is 0. The Morgan fingerprint density at radius 3 is 1.68 bits per heavy atom. The molecule has 0 aliphatic carbocycles. The number of benzene rings is 4. The first-order valence-electron chi connectivity index (χ1n) is 11.4. The lowest BCUT2D eigenvalue weighted by atomic mass is 9.95. The van der Waals surface area contributed by atoms with Crippen molar-refractivity contribution in [2.45, 2.75) is 46.0 Å². The lowest BCUT2D eigenvalue weighted by Crippen LogP contribution is -1.82. The van der Waals surface area contributed by atoms with Crippen molar-refractivity contribution < 1.29 is 0 Å². The van der Waals surface area contributed by atoms with Gasteiger partial charge in [-0.3, -0.25) is 0 Å². The van der Waals surface area contributed by atoms with Gasteiger partial charge in [-0.25, -0.2) is 0 Å². The van der Waals surface area contributed by atoms with E-state index in [-0.39, 0.29) is 0 Å². The summed E-state index contributed by atoms with van der Waals surface area (Å²) in [6.45, 7) is 4.48. The van der Waals surface area contributed by atoms with Gasteiger partial charge in [0.25, 0.3) is 0 Å². The monoisotopic (exact) mass is 438 g/mol. The van der Waals surface area contributed by atoms with E-state index in [1.807, 2.05) is 22.7 Å². The van der Waals surface area contributed by atoms with Gasteiger partial charge in [-0.15, -0.1) is 22.7 Å². The van der Waals surface area contributed by atoms with E-state index in [1.54, 1.807) is 0 Å². The van der Waals surface area contributed by atoms with Crippen LogP contribution in [-0.2, 0) is 6.42 Å². The summed E-state index contributed by atoms with van der Waals surface area (Å²) in [6.07, 6.45) is 6.53. The van der Waals surface area contributed by atoms with Crippen LogP contribution in [0.2, 0.25) is 0 Å². The molecule has 154 valence electrons. The summed E-state index contributed by atoms with van der Waals surface area (Å²) in [7, 11) is 0. The van der Waals surface area contributed by atoms with Crippen LogP contribution in [0.3, 0.4) is 0 Å². The van der Waals surface area contributed by atoms with E-state index in [1.165, 1.54) is 94.3 Å². The first-order chi connectivity index (χ1) is 15.2. The van der Waals surface area contributed by atoms with Crippen molar-refractivity contribution in [2.24, 2.45) is 0 Å². The maximum Gasteiger partial charge on any atom is 0.0352 e. The molecule has 0 atom stereocenters. The van der Waals surface area contributed by atoms with E-state index in [2.05, 4.69) is 74.5 Å². The summed E-state index contributed by atoms with van der Waals surface area (Å²) in [5, 5.41) is 11.1. The van der Waals surface area contributed by atoms with Crippen molar-refractivity contribution in [3.8, 4) is 0 Å². The smallest absolute Gasteiger partial charge is 0.0352 e. The predicted octanol–water partition coefficient (Wildman–Crippen LogP) is 10.0. The summed E-state index contributed by atoms with van der Waals surface area (Å²) < 4.78 is 2.81. The Kier molecular flexibility index (Phi) is 4.74. The largest absolute Gasteiger partial charge is 0.141 e. The minimum atomic E-state index is 1.22. The molecule has 0 aliphatic rings. The number of unbranched alkanes of at least 4 members (excludes halogenated alkanes) is 3. The standard InChI is InChI=1S/C29H26S2/c1-3-4-5-6-7-19-17-27-25-11-9-20-21(23(25)13-15-29(27)31-19)8-10-24-22(20)12-14-28-26(24)16-18(2)30-28/h8-17H,3-7H2,1-2H3. The topological polar surface area (TPSA) is 0 Å². The van der Waals surface area contributed by atoms with Crippen molar-refractivity contribution in [3.63, 3.8) is 0 Å². The molecule has 0 unspecified atom stereocenters. The SMILES string of the molecule is CCCCCCc1cc2c(ccc3c2ccc2c4ccc5sc(C)cc5c4ccc32)s1. The van der Waals surface area contributed by atoms with E-state index in [0.717, 1.165) is 0 Å². The van der Waals surface area contributed by atoms with Gasteiger partial charge in [0.05, 0.1) is 0 Å². The summed E-state index contributed by atoms with van der Waals surface area (Å²) in [6, 6.07) is 23.5. The van der Waals surface area contributed by atoms with Crippen molar-refractivity contribution in [1.29, 1.82) is 0 Å². The van der Waals surface area contributed by atoms with Gasteiger partial charge in [0.2, 0.25) is 0 Å². The Balaban J connectivity index is 1.52. The molecule has 0 amide bonds. The molecule has 4 aromatic carbocycles. The molecule has 0 fully saturated rings. The Morgan fingerprint density at radius 1 is 0.548 bits per heavy atom. The Hall–Kier alpha value is -2.42. The average molecular weight is 439 g/mol. The van der Waals surface area contributed by atoms with Gasteiger partial charge in [-0.05, 0) is 76.3 Å². The summed E-state index contributed by atoms with van der Waals surface area (Å²) in [5.41, 5.74) is 0. The molecule has 6 rings (SSSR count). The first-order valence-corrected chi connectivity index (χ1v) is 13.1. The lowest BCUT2D eigenvalue weighted by Gasteiger charge is -2.09. The second kappa shape index (κ2) is 7.62.